The van der Waals surface area contributed by atoms with E-state index in [0.717, 1.165) is 36.0 Å². The lowest BCUT2D eigenvalue weighted by Gasteiger charge is -2.26. The molecule has 1 aliphatic carbocycles. The summed E-state index contributed by atoms with van der Waals surface area (Å²) in [5, 5.41) is 19.2. The van der Waals surface area contributed by atoms with E-state index in [4.69, 9.17) is 5.73 Å². The van der Waals surface area contributed by atoms with Gasteiger partial charge in [-0.25, -0.2) is 4.68 Å². The molecule has 3 aromatic rings. The predicted molar refractivity (Wildman–Crippen MR) is 114 cm³/mol. The molecule has 1 aliphatic rings. The Morgan fingerprint density at radius 3 is 2.66 bits per heavy atom. The molecule has 1 aromatic heterocycles. The van der Waals surface area contributed by atoms with E-state index in [9.17, 15) is 9.90 Å². The maximum absolute atomic E-state index is 11.6. The van der Waals surface area contributed by atoms with Crippen molar-refractivity contribution < 1.29 is 9.90 Å². The van der Waals surface area contributed by atoms with Crippen LogP contribution in [0.15, 0.2) is 48.7 Å². The molecular formula is C23H28N4O2. The number of carbonyl (C=O) groups is 1. The number of hydrogen-bond donors (Lipinski definition) is 3. The molecule has 1 fully saturated rings. The highest BCUT2D eigenvalue weighted by molar-refractivity contribution is 6.04. The van der Waals surface area contributed by atoms with Crippen molar-refractivity contribution in [2.24, 2.45) is 11.7 Å². The molecule has 152 valence electrons. The smallest absolute Gasteiger partial charge is 0.250 e. The Hall–Kier alpha value is -2.70. The summed E-state index contributed by atoms with van der Waals surface area (Å²) in [5.41, 5.74) is 8.56. The first-order valence-electron chi connectivity index (χ1n) is 10.4. The zero-order chi connectivity index (χ0) is 20.2. The summed E-state index contributed by atoms with van der Waals surface area (Å²) in [6.45, 7) is 1.35. The van der Waals surface area contributed by atoms with Gasteiger partial charge in [-0.15, -0.1) is 0 Å². The number of aromatic nitrogens is 2. The molecule has 4 N–H and O–H groups in total. The SMILES string of the molecule is NC(=O)c1cccc2cn(-c3ccc(CNCC(O)C4CCCCC4)cc3)nc12. The number of nitrogens with one attached hydrogen (secondary N) is 1. The minimum atomic E-state index is -0.474. The zero-order valence-corrected chi connectivity index (χ0v) is 16.6. The quantitative estimate of drug-likeness (QED) is 0.576. The van der Waals surface area contributed by atoms with Crippen molar-refractivity contribution >= 4 is 16.8 Å². The Morgan fingerprint density at radius 2 is 1.93 bits per heavy atom. The van der Waals surface area contributed by atoms with Gasteiger partial charge in [-0.1, -0.05) is 43.5 Å². The van der Waals surface area contributed by atoms with E-state index >= 15 is 0 Å². The molecule has 6 heteroatoms. The van der Waals surface area contributed by atoms with Crippen molar-refractivity contribution in [2.45, 2.75) is 44.8 Å². The Balaban J connectivity index is 1.38. The molecule has 1 atom stereocenters. The highest BCUT2D eigenvalue weighted by Gasteiger charge is 2.21. The number of carbonyl (C=O) groups excluding carboxylic acids is 1. The number of hydrogen-bond acceptors (Lipinski definition) is 4. The Morgan fingerprint density at radius 1 is 1.17 bits per heavy atom. The van der Waals surface area contributed by atoms with Crippen LogP contribution in [0, 0.1) is 5.92 Å². The lowest BCUT2D eigenvalue weighted by atomic mass is 9.85. The van der Waals surface area contributed by atoms with E-state index in [-0.39, 0.29) is 6.10 Å². The Bertz CT molecular complexity index is 974. The van der Waals surface area contributed by atoms with E-state index in [1.807, 2.05) is 30.5 Å². The van der Waals surface area contributed by atoms with Crippen LogP contribution in [0.1, 0.15) is 48.0 Å². The first kappa shape index (κ1) is 19.6. The maximum atomic E-state index is 11.6. The third kappa shape index (κ3) is 4.49. The average Bonchev–Trinajstić information content (AvgIpc) is 3.19. The largest absolute Gasteiger partial charge is 0.392 e. The third-order valence-corrected chi connectivity index (χ3v) is 5.88. The van der Waals surface area contributed by atoms with Gasteiger partial charge in [0, 0.05) is 24.7 Å². The second kappa shape index (κ2) is 8.76. The minimum absolute atomic E-state index is 0.259. The van der Waals surface area contributed by atoms with Crippen LogP contribution in [0.3, 0.4) is 0 Å². The molecule has 0 saturated heterocycles. The van der Waals surface area contributed by atoms with Crippen LogP contribution in [0.4, 0.5) is 0 Å². The summed E-state index contributed by atoms with van der Waals surface area (Å²) in [6.07, 6.45) is 7.72. The number of primary amides is 1. The predicted octanol–water partition coefficient (Wildman–Crippen LogP) is 3.16. The van der Waals surface area contributed by atoms with E-state index in [0.29, 0.717) is 23.5 Å². The van der Waals surface area contributed by atoms with Crippen LogP contribution in [-0.2, 0) is 6.54 Å². The van der Waals surface area contributed by atoms with Gasteiger partial charge >= 0.3 is 0 Å². The number of aliphatic hydroxyl groups excluding tert-OH is 1. The van der Waals surface area contributed by atoms with Crippen LogP contribution >= 0.6 is 0 Å². The van der Waals surface area contributed by atoms with Gasteiger partial charge in [0.2, 0.25) is 0 Å². The first-order chi connectivity index (χ1) is 14.1. The Kier molecular flexibility index (Phi) is 5.92. The van der Waals surface area contributed by atoms with Crippen molar-refractivity contribution in [1.29, 1.82) is 0 Å². The summed E-state index contributed by atoms with van der Waals surface area (Å²) in [4.78, 5) is 11.6. The van der Waals surface area contributed by atoms with Crippen molar-refractivity contribution in [2.75, 3.05) is 6.54 Å². The summed E-state index contributed by atoms with van der Waals surface area (Å²) < 4.78 is 1.77. The van der Waals surface area contributed by atoms with E-state index < -0.39 is 5.91 Å². The zero-order valence-electron chi connectivity index (χ0n) is 16.6. The third-order valence-electron chi connectivity index (χ3n) is 5.88. The molecule has 4 rings (SSSR count). The maximum Gasteiger partial charge on any atom is 0.250 e. The van der Waals surface area contributed by atoms with Gasteiger partial charge in [0.1, 0.15) is 5.52 Å². The van der Waals surface area contributed by atoms with Gasteiger partial charge in [0.15, 0.2) is 0 Å². The monoisotopic (exact) mass is 392 g/mol. The summed E-state index contributed by atoms with van der Waals surface area (Å²) >= 11 is 0. The molecule has 1 amide bonds. The summed E-state index contributed by atoms with van der Waals surface area (Å²) in [6, 6.07) is 13.5. The van der Waals surface area contributed by atoms with Gasteiger partial charge in [0.25, 0.3) is 5.91 Å². The molecule has 0 aliphatic heterocycles. The fourth-order valence-corrected chi connectivity index (χ4v) is 4.19. The number of rotatable bonds is 7. The highest BCUT2D eigenvalue weighted by Crippen LogP contribution is 2.26. The second-order valence-electron chi connectivity index (χ2n) is 7.94. The molecule has 0 bridgehead atoms. The molecule has 29 heavy (non-hydrogen) atoms. The van der Waals surface area contributed by atoms with Crippen molar-refractivity contribution in [1.82, 2.24) is 15.1 Å². The fourth-order valence-electron chi connectivity index (χ4n) is 4.19. The summed E-state index contributed by atoms with van der Waals surface area (Å²) in [5.74, 6) is -0.0319. The topological polar surface area (TPSA) is 93.2 Å². The van der Waals surface area contributed by atoms with Gasteiger partial charge < -0.3 is 16.2 Å². The van der Waals surface area contributed by atoms with Crippen molar-refractivity contribution in [3.05, 3.63) is 59.8 Å². The van der Waals surface area contributed by atoms with Crippen LogP contribution in [0.5, 0.6) is 0 Å². The molecule has 1 unspecified atom stereocenters. The van der Waals surface area contributed by atoms with Crippen LogP contribution in [0.2, 0.25) is 0 Å². The van der Waals surface area contributed by atoms with Crippen LogP contribution in [-0.4, -0.2) is 33.4 Å². The van der Waals surface area contributed by atoms with E-state index in [2.05, 4.69) is 22.5 Å². The van der Waals surface area contributed by atoms with Crippen molar-refractivity contribution in [3.8, 4) is 5.69 Å². The molecule has 1 heterocycles. The molecule has 2 aromatic carbocycles. The van der Waals surface area contributed by atoms with Crippen molar-refractivity contribution in [3.63, 3.8) is 0 Å². The fraction of sp³-hybridized carbons (Fsp3) is 0.391. The minimum Gasteiger partial charge on any atom is -0.392 e. The van der Waals surface area contributed by atoms with Crippen LogP contribution in [0.25, 0.3) is 16.6 Å². The number of nitrogens with zero attached hydrogens (tertiary/aromatic N) is 2. The lowest BCUT2D eigenvalue weighted by molar-refractivity contribution is 0.0838. The lowest BCUT2D eigenvalue weighted by Crippen LogP contribution is -2.33. The molecule has 1 saturated carbocycles. The van der Waals surface area contributed by atoms with E-state index in [1.54, 1.807) is 10.7 Å². The number of fused-ring (bicyclic) bond motifs is 1. The van der Waals surface area contributed by atoms with Gasteiger partial charge in [-0.3, -0.25) is 4.79 Å². The van der Waals surface area contributed by atoms with Gasteiger partial charge in [-0.05, 0) is 42.5 Å². The number of benzene rings is 2. The standard InChI is InChI=1S/C23H28N4O2/c24-23(29)20-8-4-7-18-15-27(26-22(18)20)19-11-9-16(10-12-19)13-25-14-21(28)17-5-2-1-3-6-17/h4,7-12,15,17,21,25,28H,1-3,5-6,13-14H2,(H2,24,29). The highest BCUT2D eigenvalue weighted by atomic mass is 16.3. The average molecular weight is 393 g/mol. The van der Waals surface area contributed by atoms with Gasteiger partial charge in [0.05, 0.1) is 17.4 Å². The van der Waals surface area contributed by atoms with E-state index in [1.165, 1.54) is 19.3 Å². The number of amides is 1. The number of aliphatic hydroxyl groups is 1. The molecule has 0 radical (unpaired) electrons. The number of nitrogens with two attached hydrogens (primary N) is 1. The first-order valence-corrected chi connectivity index (χ1v) is 10.4. The Labute approximate surface area is 170 Å². The summed E-state index contributed by atoms with van der Waals surface area (Å²) in [7, 11) is 0. The van der Waals surface area contributed by atoms with Crippen LogP contribution < -0.4 is 11.1 Å². The second-order valence-corrected chi connectivity index (χ2v) is 7.94. The normalized spacial score (nSPS) is 16.2. The molecule has 6 nitrogen and oxygen atoms in total. The van der Waals surface area contributed by atoms with Gasteiger partial charge in [-0.2, -0.15) is 5.10 Å². The molecule has 0 spiro atoms. The molecular weight excluding hydrogens is 364 g/mol.